The molecule has 0 saturated carbocycles. The Hall–Kier alpha value is -4.57. The largest absolute Gasteiger partial charge is 0.276 e. The molecule has 7 aromatic rings. The standard InChI is InChI=1S/C31H18N4/c1-2-5-19-17(4-1)14-18-7-8-20-21-9-10-22-25-16-32-13-11-27(25)35-30-26(6-3-12-33-30)34-31(35)29(22)24(21)15-23(20)28(18)19/h1-13,16H,14-15H2. The zero-order valence-electron chi connectivity index (χ0n) is 18.8. The van der Waals surface area contributed by atoms with Crippen molar-refractivity contribution in [2.24, 2.45) is 0 Å². The van der Waals surface area contributed by atoms with Crippen molar-refractivity contribution in [2.45, 2.75) is 12.8 Å². The van der Waals surface area contributed by atoms with Crippen LogP contribution in [0.4, 0.5) is 0 Å². The summed E-state index contributed by atoms with van der Waals surface area (Å²) in [6.45, 7) is 0. The zero-order chi connectivity index (χ0) is 22.7. The SMILES string of the molecule is c1ccc2c(c1)Cc1ccc3c(c1-2)Cc1c-3ccc2c3cnccc3n3c4ncccc4nc3c12. The Morgan fingerprint density at radius 1 is 0.657 bits per heavy atom. The molecule has 0 N–H and O–H groups in total. The van der Waals surface area contributed by atoms with Crippen molar-refractivity contribution in [1.82, 2.24) is 19.4 Å². The molecule has 9 rings (SSSR count). The Kier molecular flexibility index (Phi) is 3.11. The maximum absolute atomic E-state index is 5.12. The highest BCUT2D eigenvalue weighted by atomic mass is 15.1. The van der Waals surface area contributed by atoms with E-state index in [9.17, 15) is 0 Å². The first-order valence-corrected chi connectivity index (χ1v) is 12.0. The second kappa shape index (κ2) is 6.10. The summed E-state index contributed by atoms with van der Waals surface area (Å²) in [6.07, 6.45) is 7.62. The molecule has 4 aromatic heterocycles. The molecule has 35 heavy (non-hydrogen) atoms. The van der Waals surface area contributed by atoms with Gasteiger partial charge in [-0.05, 0) is 74.5 Å². The van der Waals surface area contributed by atoms with E-state index in [4.69, 9.17) is 9.97 Å². The molecule has 0 fully saturated rings. The Morgan fingerprint density at radius 3 is 2.57 bits per heavy atom. The third kappa shape index (κ3) is 2.11. The van der Waals surface area contributed by atoms with Crippen LogP contribution in [0.2, 0.25) is 0 Å². The summed E-state index contributed by atoms with van der Waals surface area (Å²) < 4.78 is 2.22. The summed E-state index contributed by atoms with van der Waals surface area (Å²) in [4.78, 5) is 14.3. The summed E-state index contributed by atoms with van der Waals surface area (Å²) in [5, 5.41) is 3.56. The van der Waals surface area contributed by atoms with Gasteiger partial charge in [-0.25, -0.2) is 9.97 Å². The molecule has 0 spiro atoms. The average Bonchev–Trinajstić information content (AvgIpc) is 3.59. The van der Waals surface area contributed by atoms with Crippen LogP contribution in [0, 0.1) is 0 Å². The van der Waals surface area contributed by atoms with Gasteiger partial charge in [0.25, 0.3) is 0 Å². The van der Waals surface area contributed by atoms with Gasteiger partial charge in [-0.3, -0.25) is 9.38 Å². The lowest BCUT2D eigenvalue weighted by Crippen LogP contribution is -1.96. The zero-order valence-corrected chi connectivity index (χ0v) is 18.8. The maximum atomic E-state index is 5.12. The molecule has 4 heteroatoms. The molecule has 3 aromatic carbocycles. The molecule has 0 atom stereocenters. The van der Waals surface area contributed by atoms with Crippen LogP contribution in [0.5, 0.6) is 0 Å². The minimum absolute atomic E-state index is 0.892. The number of hydrogen-bond acceptors (Lipinski definition) is 3. The van der Waals surface area contributed by atoms with Crippen LogP contribution in [-0.2, 0) is 12.8 Å². The lowest BCUT2D eigenvalue weighted by molar-refractivity contribution is 1.22. The molecule has 2 aliphatic carbocycles. The third-order valence-electron chi connectivity index (χ3n) is 7.99. The predicted molar refractivity (Wildman–Crippen MR) is 140 cm³/mol. The number of imidazole rings is 1. The molecular weight excluding hydrogens is 428 g/mol. The molecule has 0 radical (unpaired) electrons. The van der Waals surface area contributed by atoms with E-state index in [0.29, 0.717) is 0 Å². The average molecular weight is 447 g/mol. The fourth-order valence-electron chi connectivity index (χ4n) is 6.58. The van der Waals surface area contributed by atoms with Gasteiger partial charge in [-0.2, -0.15) is 0 Å². The molecule has 0 aliphatic heterocycles. The van der Waals surface area contributed by atoms with Crippen molar-refractivity contribution < 1.29 is 0 Å². The van der Waals surface area contributed by atoms with Crippen molar-refractivity contribution in [3.05, 3.63) is 108 Å². The summed E-state index contributed by atoms with van der Waals surface area (Å²) in [5.41, 5.74) is 15.1. The number of rotatable bonds is 0. The Balaban J connectivity index is 1.44. The topological polar surface area (TPSA) is 43.1 Å². The second-order valence-electron chi connectivity index (χ2n) is 9.66. The van der Waals surface area contributed by atoms with E-state index in [0.717, 1.165) is 40.6 Å². The highest BCUT2D eigenvalue weighted by molar-refractivity contribution is 6.16. The molecule has 162 valence electrons. The number of nitrogens with zero attached hydrogens (tertiary/aromatic N) is 4. The fraction of sp³-hybridized carbons (Fsp3) is 0.0645. The van der Waals surface area contributed by atoms with Crippen molar-refractivity contribution in [2.75, 3.05) is 0 Å². The lowest BCUT2D eigenvalue weighted by Gasteiger charge is -2.12. The van der Waals surface area contributed by atoms with Crippen LogP contribution >= 0.6 is 0 Å². The minimum atomic E-state index is 0.892. The van der Waals surface area contributed by atoms with Gasteiger partial charge in [0.1, 0.15) is 11.2 Å². The number of benzene rings is 3. The second-order valence-corrected chi connectivity index (χ2v) is 9.66. The highest BCUT2D eigenvalue weighted by Gasteiger charge is 2.30. The minimum Gasteiger partial charge on any atom is -0.276 e. The van der Waals surface area contributed by atoms with Crippen molar-refractivity contribution >= 4 is 38.5 Å². The van der Waals surface area contributed by atoms with Gasteiger partial charge in [-0.1, -0.05) is 48.5 Å². The first-order chi connectivity index (χ1) is 17.4. The van der Waals surface area contributed by atoms with E-state index in [1.807, 2.05) is 24.7 Å². The van der Waals surface area contributed by atoms with E-state index >= 15 is 0 Å². The summed E-state index contributed by atoms with van der Waals surface area (Å²) in [7, 11) is 0. The van der Waals surface area contributed by atoms with Crippen LogP contribution in [0.15, 0.2) is 85.3 Å². The van der Waals surface area contributed by atoms with E-state index in [2.05, 4.69) is 70.0 Å². The summed E-state index contributed by atoms with van der Waals surface area (Å²) in [6, 6.07) is 24.2. The third-order valence-corrected chi connectivity index (χ3v) is 7.99. The Morgan fingerprint density at radius 2 is 1.57 bits per heavy atom. The molecule has 2 aliphatic rings. The normalized spacial score (nSPS) is 13.5. The summed E-state index contributed by atoms with van der Waals surface area (Å²) >= 11 is 0. The first-order valence-electron chi connectivity index (χ1n) is 12.0. The van der Waals surface area contributed by atoms with E-state index < -0.39 is 0 Å². The van der Waals surface area contributed by atoms with Crippen molar-refractivity contribution in [3.63, 3.8) is 0 Å². The van der Waals surface area contributed by atoms with Crippen LogP contribution in [0.3, 0.4) is 0 Å². The molecule has 0 bridgehead atoms. The van der Waals surface area contributed by atoms with Gasteiger partial charge in [-0.15, -0.1) is 0 Å². The van der Waals surface area contributed by atoms with Gasteiger partial charge in [0.15, 0.2) is 5.65 Å². The highest BCUT2D eigenvalue weighted by Crippen LogP contribution is 2.50. The maximum Gasteiger partial charge on any atom is 0.164 e. The van der Waals surface area contributed by atoms with E-state index in [-0.39, 0.29) is 0 Å². The fourth-order valence-corrected chi connectivity index (χ4v) is 6.58. The van der Waals surface area contributed by atoms with Crippen LogP contribution in [0.25, 0.3) is 60.7 Å². The molecular formula is C31H18N4. The van der Waals surface area contributed by atoms with Crippen LogP contribution < -0.4 is 0 Å². The number of pyridine rings is 3. The summed E-state index contributed by atoms with van der Waals surface area (Å²) in [5.74, 6) is 0. The van der Waals surface area contributed by atoms with Gasteiger partial charge < -0.3 is 0 Å². The van der Waals surface area contributed by atoms with Crippen molar-refractivity contribution in [3.8, 4) is 22.3 Å². The Bertz CT molecular complexity index is 2070. The monoisotopic (exact) mass is 446 g/mol. The lowest BCUT2D eigenvalue weighted by atomic mass is 9.95. The van der Waals surface area contributed by atoms with E-state index in [1.165, 1.54) is 55.3 Å². The van der Waals surface area contributed by atoms with Gasteiger partial charge in [0.05, 0.1) is 5.52 Å². The van der Waals surface area contributed by atoms with Crippen molar-refractivity contribution in [1.29, 1.82) is 0 Å². The van der Waals surface area contributed by atoms with E-state index in [1.54, 1.807) is 0 Å². The van der Waals surface area contributed by atoms with Crippen LogP contribution in [0.1, 0.15) is 22.3 Å². The molecule has 4 nitrogen and oxygen atoms in total. The Labute approximate surface area is 200 Å². The smallest absolute Gasteiger partial charge is 0.164 e. The quantitative estimate of drug-likeness (QED) is 0.243. The molecule has 0 amide bonds. The molecule has 4 heterocycles. The van der Waals surface area contributed by atoms with Gasteiger partial charge >= 0.3 is 0 Å². The number of hydrogen-bond donors (Lipinski definition) is 0. The molecule has 0 saturated heterocycles. The number of fused-ring (bicyclic) bond motifs is 16. The van der Waals surface area contributed by atoms with Gasteiger partial charge in [0, 0.05) is 35.8 Å². The predicted octanol–water partition coefficient (Wildman–Crippen LogP) is 6.73. The van der Waals surface area contributed by atoms with Gasteiger partial charge in [0.2, 0.25) is 0 Å². The molecule has 0 unspecified atom stereocenters. The number of aromatic nitrogens is 4. The first kappa shape index (κ1) is 17.8. The van der Waals surface area contributed by atoms with Crippen LogP contribution in [-0.4, -0.2) is 19.4 Å².